The molecule has 0 amide bonds. The average Bonchev–Trinajstić information content (AvgIpc) is 1.95. The van der Waals surface area contributed by atoms with E-state index in [0.29, 0.717) is 5.46 Å². The molecule has 0 N–H and O–H groups in total. The van der Waals surface area contributed by atoms with Gasteiger partial charge in [-0.05, 0) is 32.9 Å². The van der Waals surface area contributed by atoms with E-state index in [0.717, 1.165) is 0 Å². The normalized spacial score (nSPS) is 11.5. The van der Waals surface area contributed by atoms with Gasteiger partial charge in [-0.15, -0.1) is 0 Å². The molecule has 0 atom stereocenters. The first kappa shape index (κ1) is 11.0. The third-order valence-electron chi connectivity index (χ3n) is 1.55. The Bertz CT molecular complexity index is 321. The molecule has 1 rings (SSSR count). The number of halogens is 2. The van der Waals surface area contributed by atoms with Crippen molar-refractivity contribution in [2.45, 2.75) is 26.4 Å². The summed E-state index contributed by atoms with van der Waals surface area (Å²) in [5.74, 6) is -1.61. The lowest BCUT2D eigenvalue weighted by molar-refractivity contribution is 0.117. The van der Waals surface area contributed by atoms with Crippen LogP contribution in [-0.4, -0.2) is 13.4 Å². The lowest BCUT2D eigenvalue weighted by atomic mass is 9.96. The summed E-state index contributed by atoms with van der Waals surface area (Å²) < 4.78 is 31.7. The molecule has 0 spiro atoms. The molecule has 1 aromatic rings. The topological polar surface area (TPSA) is 9.23 Å². The second kappa shape index (κ2) is 3.60. The Morgan fingerprint density at radius 1 is 1.14 bits per heavy atom. The van der Waals surface area contributed by atoms with E-state index in [4.69, 9.17) is 4.74 Å². The Labute approximate surface area is 83.5 Å². The summed E-state index contributed by atoms with van der Waals surface area (Å²) in [6, 6.07) is 2.51. The van der Waals surface area contributed by atoms with Crippen LogP contribution in [0.4, 0.5) is 8.78 Å². The Kier molecular flexibility index (Phi) is 2.83. The SMILES string of the molecule is Bc1cc(F)c(OC(C)(C)C)c(F)c1. The minimum atomic E-state index is -0.655. The standard InChI is InChI=1S/C10H13BF2O/c1-10(2,3)14-9-7(12)4-6(11)5-8(9)13/h4-5H,11H2,1-3H3. The largest absolute Gasteiger partial charge is 0.482 e. The number of rotatable bonds is 1. The van der Waals surface area contributed by atoms with E-state index in [1.54, 1.807) is 28.6 Å². The van der Waals surface area contributed by atoms with Crippen LogP contribution in [0, 0.1) is 11.6 Å². The van der Waals surface area contributed by atoms with Gasteiger partial charge in [-0.2, -0.15) is 0 Å². The maximum Gasteiger partial charge on any atom is 0.191 e. The molecule has 0 bridgehead atoms. The smallest absolute Gasteiger partial charge is 0.191 e. The minimum absolute atomic E-state index is 0.303. The van der Waals surface area contributed by atoms with Gasteiger partial charge in [0.1, 0.15) is 13.4 Å². The van der Waals surface area contributed by atoms with Crippen molar-refractivity contribution in [1.82, 2.24) is 0 Å². The fraction of sp³-hybridized carbons (Fsp3) is 0.400. The molecule has 1 aromatic carbocycles. The van der Waals surface area contributed by atoms with Gasteiger partial charge in [0.25, 0.3) is 0 Å². The molecule has 14 heavy (non-hydrogen) atoms. The third-order valence-corrected chi connectivity index (χ3v) is 1.55. The molecular formula is C10H13BF2O. The van der Waals surface area contributed by atoms with E-state index in [9.17, 15) is 8.78 Å². The van der Waals surface area contributed by atoms with Crippen LogP contribution in [0.25, 0.3) is 0 Å². The van der Waals surface area contributed by atoms with Crippen molar-refractivity contribution in [3.8, 4) is 5.75 Å². The highest BCUT2D eigenvalue weighted by molar-refractivity contribution is 6.32. The van der Waals surface area contributed by atoms with Crippen LogP contribution in [0.3, 0.4) is 0 Å². The van der Waals surface area contributed by atoms with Crippen LogP contribution in [0.1, 0.15) is 20.8 Å². The molecule has 0 unspecified atom stereocenters. The molecule has 0 fully saturated rings. The lowest BCUT2D eigenvalue weighted by Crippen LogP contribution is -2.25. The Balaban J connectivity index is 3.09. The van der Waals surface area contributed by atoms with Gasteiger partial charge < -0.3 is 4.74 Å². The summed E-state index contributed by atoms with van der Waals surface area (Å²) >= 11 is 0. The molecule has 4 heteroatoms. The van der Waals surface area contributed by atoms with Crippen LogP contribution in [0.2, 0.25) is 0 Å². The van der Waals surface area contributed by atoms with Crippen LogP contribution in [-0.2, 0) is 0 Å². The van der Waals surface area contributed by atoms with Gasteiger partial charge in [0, 0.05) is 0 Å². The van der Waals surface area contributed by atoms with Gasteiger partial charge >= 0.3 is 0 Å². The first-order valence-corrected chi connectivity index (χ1v) is 4.44. The van der Waals surface area contributed by atoms with Crippen LogP contribution >= 0.6 is 0 Å². The number of hydrogen-bond acceptors (Lipinski definition) is 1. The summed E-state index contributed by atoms with van der Waals surface area (Å²) in [7, 11) is 1.63. The van der Waals surface area contributed by atoms with Crippen molar-refractivity contribution in [3.05, 3.63) is 23.8 Å². The quantitative estimate of drug-likeness (QED) is 0.619. The predicted molar refractivity (Wildman–Crippen MR) is 54.9 cm³/mol. The van der Waals surface area contributed by atoms with Gasteiger partial charge in [-0.25, -0.2) is 8.78 Å². The van der Waals surface area contributed by atoms with Gasteiger partial charge in [0.05, 0.1) is 0 Å². The van der Waals surface area contributed by atoms with E-state index in [2.05, 4.69) is 0 Å². The highest BCUT2D eigenvalue weighted by Crippen LogP contribution is 2.24. The highest BCUT2D eigenvalue weighted by atomic mass is 19.1. The molecular weight excluding hydrogens is 185 g/mol. The number of hydrogen-bond donors (Lipinski definition) is 0. The first-order valence-electron chi connectivity index (χ1n) is 4.44. The fourth-order valence-electron chi connectivity index (χ4n) is 1.09. The summed E-state index contributed by atoms with van der Waals surface area (Å²) in [4.78, 5) is 0. The Hall–Kier alpha value is -1.06. The zero-order valence-electron chi connectivity index (χ0n) is 8.82. The summed E-state index contributed by atoms with van der Waals surface area (Å²) in [6.07, 6.45) is 0. The zero-order valence-corrected chi connectivity index (χ0v) is 8.82. The molecule has 0 heterocycles. The molecule has 0 radical (unpaired) electrons. The number of benzene rings is 1. The molecule has 0 saturated heterocycles. The van der Waals surface area contributed by atoms with Crippen molar-refractivity contribution in [2.75, 3.05) is 0 Å². The second-order valence-corrected chi connectivity index (χ2v) is 4.27. The van der Waals surface area contributed by atoms with Gasteiger partial charge in [0.15, 0.2) is 17.4 Å². The van der Waals surface area contributed by atoms with E-state index < -0.39 is 17.2 Å². The molecule has 0 aliphatic rings. The first-order chi connectivity index (χ1) is 6.29. The van der Waals surface area contributed by atoms with Crippen molar-refractivity contribution in [1.29, 1.82) is 0 Å². The maximum absolute atomic E-state index is 13.3. The van der Waals surface area contributed by atoms with E-state index in [1.165, 1.54) is 12.1 Å². The van der Waals surface area contributed by atoms with Gasteiger partial charge in [-0.3, -0.25) is 0 Å². The Morgan fingerprint density at radius 2 is 1.57 bits per heavy atom. The summed E-state index contributed by atoms with van der Waals surface area (Å²) in [5, 5.41) is 0. The van der Waals surface area contributed by atoms with Crippen molar-refractivity contribution in [2.24, 2.45) is 0 Å². The third kappa shape index (κ3) is 2.72. The second-order valence-electron chi connectivity index (χ2n) is 4.27. The highest BCUT2D eigenvalue weighted by Gasteiger charge is 2.18. The van der Waals surface area contributed by atoms with Crippen LogP contribution < -0.4 is 10.2 Å². The van der Waals surface area contributed by atoms with E-state index >= 15 is 0 Å². The number of ether oxygens (including phenoxy) is 1. The minimum Gasteiger partial charge on any atom is -0.482 e. The van der Waals surface area contributed by atoms with E-state index in [1.807, 2.05) is 0 Å². The summed E-state index contributed by atoms with van der Waals surface area (Å²) in [6.45, 7) is 5.23. The van der Waals surface area contributed by atoms with Crippen molar-refractivity contribution < 1.29 is 13.5 Å². The van der Waals surface area contributed by atoms with Crippen LogP contribution in [0.15, 0.2) is 12.1 Å². The van der Waals surface area contributed by atoms with Crippen molar-refractivity contribution >= 4 is 13.3 Å². The lowest BCUT2D eigenvalue weighted by Gasteiger charge is -2.22. The zero-order chi connectivity index (χ0) is 10.9. The fourth-order valence-corrected chi connectivity index (χ4v) is 1.09. The molecule has 0 aliphatic heterocycles. The monoisotopic (exact) mass is 198 g/mol. The van der Waals surface area contributed by atoms with Crippen molar-refractivity contribution in [3.63, 3.8) is 0 Å². The Morgan fingerprint density at radius 3 is 1.93 bits per heavy atom. The molecule has 0 aromatic heterocycles. The molecule has 1 nitrogen and oxygen atoms in total. The predicted octanol–water partition coefficient (Wildman–Crippen LogP) is 1.40. The molecule has 76 valence electrons. The summed E-state index contributed by atoms with van der Waals surface area (Å²) in [5.41, 5.74) is -0.0574. The average molecular weight is 198 g/mol. The van der Waals surface area contributed by atoms with Crippen LogP contribution in [0.5, 0.6) is 5.75 Å². The maximum atomic E-state index is 13.3. The van der Waals surface area contributed by atoms with E-state index in [-0.39, 0.29) is 5.75 Å². The molecule has 0 saturated carbocycles. The van der Waals surface area contributed by atoms with Gasteiger partial charge in [0.2, 0.25) is 0 Å². The molecule has 0 aliphatic carbocycles. The van der Waals surface area contributed by atoms with Gasteiger partial charge in [-0.1, -0.05) is 5.46 Å².